The van der Waals surface area contributed by atoms with Gasteiger partial charge >= 0.3 is 5.97 Å². The number of nitrogens with zero attached hydrogens (tertiary/aromatic N) is 1. The van der Waals surface area contributed by atoms with Crippen molar-refractivity contribution < 1.29 is 14.7 Å². The van der Waals surface area contributed by atoms with Crippen molar-refractivity contribution in [3.63, 3.8) is 0 Å². The van der Waals surface area contributed by atoms with Crippen molar-refractivity contribution in [1.29, 1.82) is 0 Å². The van der Waals surface area contributed by atoms with Crippen LogP contribution in [-0.2, 0) is 9.59 Å². The maximum atomic E-state index is 11.6. The molecule has 7 nitrogen and oxygen atoms in total. The number of rotatable bonds is 8. The summed E-state index contributed by atoms with van der Waals surface area (Å²) in [6.07, 6.45) is 4.28. The highest BCUT2D eigenvalue weighted by atomic mass is 16.4. The van der Waals surface area contributed by atoms with E-state index in [2.05, 4.69) is 29.6 Å². The number of hydrogen-bond acceptors (Lipinski definition) is 4. The molecule has 1 aliphatic rings. The van der Waals surface area contributed by atoms with Gasteiger partial charge in [-0.2, -0.15) is 0 Å². The smallest absolute Gasteiger partial charge is 0.306 e. The van der Waals surface area contributed by atoms with Crippen LogP contribution in [0.5, 0.6) is 0 Å². The first-order valence-electron chi connectivity index (χ1n) is 7.92. The zero-order chi connectivity index (χ0) is 16.7. The minimum atomic E-state index is -0.797. The van der Waals surface area contributed by atoms with E-state index >= 15 is 0 Å². The fourth-order valence-corrected chi connectivity index (χ4v) is 3.55. The van der Waals surface area contributed by atoms with Gasteiger partial charge in [-0.25, -0.2) is 5.84 Å². The molecule has 0 heterocycles. The van der Waals surface area contributed by atoms with Crippen LogP contribution in [0.1, 0.15) is 46.5 Å². The molecule has 0 aromatic carbocycles. The molecule has 0 aromatic rings. The lowest BCUT2D eigenvalue weighted by molar-refractivity contribution is -0.141. The Morgan fingerprint density at radius 1 is 1.36 bits per heavy atom. The summed E-state index contributed by atoms with van der Waals surface area (Å²) in [6, 6.07) is -0.202. The fourth-order valence-electron chi connectivity index (χ4n) is 3.55. The molecule has 7 heteroatoms. The third-order valence-corrected chi connectivity index (χ3v) is 4.65. The number of carbonyl (C=O) groups excluding carboxylic acids is 1. The van der Waals surface area contributed by atoms with Gasteiger partial charge in [-0.05, 0) is 18.8 Å². The van der Waals surface area contributed by atoms with Gasteiger partial charge in [0.05, 0.1) is 18.3 Å². The number of carboxylic acid groups (broad SMARTS) is 1. The van der Waals surface area contributed by atoms with Crippen LogP contribution in [-0.4, -0.2) is 35.4 Å². The second-order valence-corrected chi connectivity index (χ2v) is 5.99. The zero-order valence-corrected chi connectivity index (χ0v) is 13.6. The topological polar surface area (TPSA) is 117 Å². The second-order valence-electron chi connectivity index (χ2n) is 5.99. The Labute approximate surface area is 131 Å². The summed E-state index contributed by atoms with van der Waals surface area (Å²) in [4.78, 5) is 27.3. The van der Waals surface area contributed by atoms with Crippen molar-refractivity contribution in [2.75, 3.05) is 0 Å². The molecule has 1 fully saturated rings. The van der Waals surface area contributed by atoms with Crippen LogP contribution in [0.15, 0.2) is 4.99 Å². The van der Waals surface area contributed by atoms with E-state index in [0.29, 0.717) is 18.8 Å². The highest BCUT2D eigenvalue weighted by Gasteiger charge is 2.43. The molecule has 4 atom stereocenters. The SMILES string of the molecule is CCC(CC)C(NC(C)=O)C1CC(C(=O)O)CC1N=CNN. The largest absolute Gasteiger partial charge is 0.481 e. The molecule has 1 aliphatic carbocycles. The molecular weight excluding hydrogens is 284 g/mol. The number of hydrogen-bond donors (Lipinski definition) is 4. The molecule has 22 heavy (non-hydrogen) atoms. The van der Waals surface area contributed by atoms with Gasteiger partial charge in [0.1, 0.15) is 0 Å². The lowest BCUT2D eigenvalue weighted by atomic mass is 9.81. The molecule has 1 saturated carbocycles. The number of aliphatic carboxylic acids is 1. The number of carboxylic acids is 1. The average Bonchev–Trinajstić information content (AvgIpc) is 2.89. The van der Waals surface area contributed by atoms with E-state index in [1.807, 2.05) is 0 Å². The molecule has 126 valence electrons. The molecule has 0 aromatic heterocycles. The predicted octanol–water partition coefficient (Wildman–Crippen LogP) is 0.898. The van der Waals surface area contributed by atoms with E-state index in [4.69, 9.17) is 5.84 Å². The number of nitrogens with two attached hydrogens (primary N) is 1. The van der Waals surface area contributed by atoms with E-state index in [1.165, 1.54) is 13.3 Å². The number of carbonyl (C=O) groups is 2. The lowest BCUT2D eigenvalue weighted by Crippen LogP contribution is -2.46. The molecule has 0 spiro atoms. The van der Waals surface area contributed by atoms with Crippen LogP contribution in [0, 0.1) is 17.8 Å². The van der Waals surface area contributed by atoms with E-state index < -0.39 is 11.9 Å². The minimum Gasteiger partial charge on any atom is -0.481 e. The molecule has 5 N–H and O–H groups in total. The van der Waals surface area contributed by atoms with Crippen LogP contribution >= 0.6 is 0 Å². The van der Waals surface area contributed by atoms with E-state index in [1.54, 1.807) is 0 Å². The number of hydrazine groups is 1. The quantitative estimate of drug-likeness (QED) is 0.230. The molecule has 1 amide bonds. The van der Waals surface area contributed by atoms with Crippen LogP contribution in [0.4, 0.5) is 0 Å². The van der Waals surface area contributed by atoms with E-state index in [0.717, 1.165) is 12.8 Å². The van der Waals surface area contributed by atoms with Crippen molar-refractivity contribution in [3.8, 4) is 0 Å². The number of amides is 1. The van der Waals surface area contributed by atoms with Crippen molar-refractivity contribution in [2.24, 2.45) is 28.6 Å². The molecule has 4 unspecified atom stereocenters. The van der Waals surface area contributed by atoms with Gasteiger partial charge < -0.3 is 15.8 Å². The Morgan fingerprint density at radius 3 is 2.45 bits per heavy atom. The fraction of sp³-hybridized carbons (Fsp3) is 0.800. The normalized spacial score (nSPS) is 26.3. The van der Waals surface area contributed by atoms with Crippen molar-refractivity contribution >= 4 is 18.2 Å². The summed E-state index contributed by atoms with van der Waals surface area (Å²) >= 11 is 0. The average molecular weight is 312 g/mol. The van der Waals surface area contributed by atoms with E-state index in [-0.39, 0.29) is 23.9 Å². The van der Waals surface area contributed by atoms with Crippen molar-refractivity contribution in [1.82, 2.24) is 10.7 Å². The van der Waals surface area contributed by atoms with Gasteiger partial charge in [-0.3, -0.25) is 14.6 Å². The van der Waals surface area contributed by atoms with Crippen molar-refractivity contribution in [2.45, 2.75) is 58.5 Å². The maximum Gasteiger partial charge on any atom is 0.306 e. The van der Waals surface area contributed by atoms with Crippen LogP contribution in [0.2, 0.25) is 0 Å². The molecule has 0 radical (unpaired) electrons. The first-order valence-corrected chi connectivity index (χ1v) is 7.92. The molecule has 0 bridgehead atoms. The molecule has 0 saturated heterocycles. The van der Waals surface area contributed by atoms with Crippen molar-refractivity contribution in [3.05, 3.63) is 0 Å². The van der Waals surface area contributed by atoms with Gasteiger partial charge in [0, 0.05) is 18.9 Å². The summed E-state index contributed by atoms with van der Waals surface area (Å²) in [7, 11) is 0. The molecule has 1 rings (SSSR count). The summed E-state index contributed by atoms with van der Waals surface area (Å²) in [5.74, 6) is 4.25. The third-order valence-electron chi connectivity index (χ3n) is 4.65. The summed E-state index contributed by atoms with van der Waals surface area (Å²) in [5, 5.41) is 12.3. The van der Waals surface area contributed by atoms with Crippen LogP contribution < -0.4 is 16.6 Å². The summed E-state index contributed by atoms with van der Waals surface area (Å²) in [6.45, 7) is 5.68. The number of aliphatic imine (C=N–C) groups is 1. The standard InChI is InChI=1S/C15H28N4O3/c1-4-10(5-2)14(19-9(3)20)12-6-11(15(21)22)7-13(12)17-8-18-16/h8,10-14H,4-7,16H2,1-3H3,(H,17,18)(H,19,20)(H,21,22). The van der Waals surface area contributed by atoms with E-state index in [9.17, 15) is 14.7 Å². The minimum absolute atomic E-state index is 0.0134. The predicted molar refractivity (Wildman–Crippen MR) is 85.1 cm³/mol. The van der Waals surface area contributed by atoms with Gasteiger partial charge in [0.15, 0.2) is 0 Å². The van der Waals surface area contributed by atoms with Crippen LogP contribution in [0.3, 0.4) is 0 Å². The lowest BCUT2D eigenvalue weighted by Gasteiger charge is -2.33. The Kier molecular flexibility index (Phi) is 7.31. The first-order chi connectivity index (χ1) is 10.4. The summed E-state index contributed by atoms with van der Waals surface area (Å²) < 4.78 is 0. The number of nitrogens with one attached hydrogen (secondary N) is 2. The Balaban J connectivity index is 3.02. The zero-order valence-electron chi connectivity index (χ0n) is 13.6. The Hall–Kier alpha value is -1.63. The molecular formula is C15H28N4O3. The third kappa shape index (κ3) is 4.69. The van der Waals surface area contributed by atoms with Gasteiger partial charge in [-0.1, -0.05) is 26.7 Å². The highest BCUT2D eigenvalue weighted by Crippen LogP contribution is 2.39. The second kappa shape index (κ2) is 8.73. The monoisotopic (exact) mass is 312 g/mol. The van der Waals surface area contributed by atoms with Crippen LogP contribution in [0.25, 0.3) is 0 Å². The summed E-state index contributed by atoms with van der Waals surface area (Å²) in [5.41, 5.74) is 2.37. The highest BCUT2D eigenvalue weighted by molar-refractivity contribution is 5.73. The Morgan fingerprint density at radius 2 is 2.00 bits per heavy atom. The first kappa shape index (κ1) is 18.4. The van der Waals surface area contributed by atoms with Gasteiger partial charge in [0.25, 0.3) is 0 Å². The van der Waals surface area contributed by atoms with Gasteiger partial charge in [-0.15, -0.1) is 0 Å². The molecule has 0 aliphatic heterocycles. The maximum absolute atomic E-state index is 11.6. The Bertz CT molecular complexity index is 410. The van der Waals surface area contributed by atoms with Gasteiger partial charge in [0.2, 0.25) is 5.91 Å².